The van der Waals surface area contributed by atoms with Crippen LogP contribution in [-0.4, -0.2) is 36.6 Å². The van der Waals surface area contributed by atoms with E-state index in [1.807, 2.05) is 38.4 Å². The van der Waals surface area contributed by atoms with Crippen LogP contribution in [0.15, 0.2) is 24.3 Å². The number of hydrogen-bond donors (Lipinski definition) is 0. The number of carbonyl (C=O) groups is 1. The van der Waals surface area contributed by atoms with E-state index < -0.39 is 0 Å². The molecular formula is C16H19ClN2O2. The number of nitrogens with zero attached hydrogens (tertiary/aromatic N) is 2. The number of benzene rings is 1. The quantitative estimate of drug-likeness (QED) is 0.796. The Hall–Kier alpha value is -1.65. The highest BCUT2D eigenvalue weighted by molar-refractivity contribution is 6.32. The maximum Gasteiger partial charge on any atom is 0.302 e. The van der Waals surface area contributed by atoms with Crippen LogP contribution < -0.4 is 0 Å². The monoisotopic (exact) mass is 306 g/mol. The van der Waals surface area contributed by atoms with E-state index in [2.05, 4.69) is 4.90 Å². The molecule has 2 aromatic rings. The molecule has 1 heterocycles. The van der Waals surface area contributed by atoms with E-state index in [1.54, 1.807) is 0 Å². The van der Waals surface area contributed by atoms with Gasteiger partial charge < -0.3 is 9.64 Å². The molecule has 0 saturated heterocycles. The summed E-state index contributed by atoms with van der Waals surface area (Å²) >= 11 is 6.29. The van der Waals surface area contributed by atoms with Crippen molar-refractivity contribution in [2.75, 3.05) is 20.7 Å². The molecule has 0 N–H and O–H groups in total. The highest BCUT2D eigenvalue weighted by atomic mass is 35.5. The Kier molecular flexibility index (Phi) is 5.15. The summed E-state index contributed by atoms with van der Waals surface area (Å²) in [7, 11) is 4.01. The summed E-state index contributed by atoms with van der Waals surface area (Å²) in [6.07, 6.45) is 0.564. The maximum absolute atomic E-state index is 10.9. The van der Waals surface area contributed by atoms with Crippen molar-refractivity contribution >= 4 is 28.5 Å². The van der Waals surface area contributed by atoms with Gasteiger partial charge in [0.1, 0.15) is 0 Å². The minimum Gasteiger partial charge on any atom is -0.466 e. The second-order valence-electron chi connectivity index (χ2n) is 5.23. The molecule has 1 aromatic heterocycles. The van der Waals surface area contributed by atoms with Crippen LogP contribution >= 0.6 is 11.6 Å². The molecule has 0 amide bonds. The lowest BCUT2D eigenvalue weighted by molar-refractivity contribution is -0.140. The average molecular weight is 307 g/mol. The summed E-state index contributed by atoms with van der Waals surface area (Å²) in [5.41, 5.74) is 2.80. The third-order valence-corrected chi connectivity index (χ3v) is 3.46. The van der Waals surface area contributed by atoms with Gasteiger partial charge in [-0.05, 0) is 26.2 Å². The third kappa shape index (κ3) is 4.16. The van der Waals surface area contributed by atoms with Crippen molar-refractivity contribution in [2.45, 2.75) is 19.9 Å². The maximum atomic E-state index is 10.9. The van der Waals surface area contributed by atoms with Gasteiger partial charge in [-0.1, -0.05) is 23.7 Å². The molecule has 112 valence electrons. The molecule has 0 atom stereocenters. The summed E-state index contributed by atoms with van der Waals surface area (Å²) in [4.78, 5) is 17.7. The number of esters is 1. The van der Waals surface area contributed by atoms with Gasteiger partial charge in [-0.15, -0.1) is 0 Å². The zero-order valence-corrected chi connectivity index (χ0v) is 13.3. The average Bonchev–Trinajstić information content (AvgIpc) is 2.40. The summed E-state index contributed by atoms with van der Waals surface area (Å²) in [6, 6.07) is 7.89. The minimum atomic E-state index is -0.285. The zero-order valence-electron chi connectivity index (χ0n) is 12.5. The second kappa shape index (κ2) is 6.87. The SMILES string of the molecule is CC(=O)OCCc1c(Cl)ccc2ccc(CN(C)C)nc12. The Balaban J connectivity index is 2.36. The third-order valence-electron chi connectivity index (χ3n) is 3.10. The van der Waals surface area contributed by atoms with Gasteiger partial charge >= 0.3 is 5.97 Å². The van der Waals surface area contributed by atoms with Gasteiger partial charge in [0.2, 0.25) is 0 Å². The number of halogens is 1. The number of rotatable bonds is 5. The summed E-state index contributed by atoms with van der Waals surface area (Å²) < 4.78 is 5.01. The molecule has 0 radical (unpaired) electrons. The zero-order chi connectivity index (χ0) is 15.4. The largest absolute Gasteiger partial charge is 0.466 e. The lowest BCUT2D eigenvalue weighted by Crippen LogP contribution is -2.12. The van der Waals surface area contributed by atoms with Crippen molar-refractivity contribution < 1.29 is 9.53 Å². The van der Waals surface area contributed by atoms with Crippen molar-refractivity contribution in [3.8, 4) is 0 Å². The molecule has 4 nitrogen and oxygen atoms in total. The van der Waals surface area contributed by atoms with Crippen LogP contribution in [0.4, 0.5) is 0 Å². The van der Waals surface area contributed by atoms with Crippen molar-refractivity contribution in [3.63, 3.8) is 0 Å². The topological polar surface area (TPSA) is 42.4 Å². The molecule has 0 unspecified atom stereocenters. The van der Waals surface area contributed by atoms with E-state index in [9.17, 15) is 4.79 Å². The predicted octanol–water partition coefficient (Wildman–Crippen LogP) is 3.06. The molecule has 0 bridgehead atoms. The Morgan fingerprint density at radius 2 is 2.00 bits per heavy atom. The number of fused-ring (bicyclic) bond motifs is 1. The van der Waals surface area contributed by atoms with Crippen LogP contribution in [0.3, 0.4) is 0 Å². The minimum absolute atomic E-state index is 0.285. The molecule has 21 heavy (non-hydrogen) atoms. The van der Waals surface area contributed by atoms with Gasteiger partial charge in [-0.3, -0.25) is 9.78 Å². The van der Waals surface area contributed by atoms with E-state index in [1.165, 1.54) is 6.92 Å². The lowest BCUT2D eigenvalue weighted by atomic mass is 10.1. The number of pyridine rings is 1. The van der Waals surface area contributed by atoms with Crippen molar-refractivity contribution in [1.29, 1.82) is 0 Å². The number of aromatic nitrogens is 1. The van der Waals surface area contributed by atoms with Crippen LogP contribution in [0.5, 0.6) is 0 Å². The Bertz CT molecular complexity index is 656. The first-order chi connectivity index (χ1) is 9.97. The first-order valence-electron chi connectivity index (χ1n) is 6.82. The molecule has 0 aliphatic heterocycles. The van der Waals surface area contributed by atoms with Crippen LogP contribution in [0.2, 0.25) is 5.02 Å². The molecule has 1 aromatic carbocycles. The molecule has 0 aliphatic carbocycles. The standard InChI is InChI=1S/C16H19ClN2O2/c1-11(20)21-9-8-14-15(17)7-5-12-4-6-13(10-19(2)3)18-16(12)14/h4-7H,8-10H2,1-3H3. The number of hydrogen-bond acceptors (Lipinski definition) is 4. The molecule has 5 heteroatoms. The molecule has 0 fully saturated rings. The molecule has 2 rings (SSSR count). The fraction of sp³-hybridized carbons (Fsp3) is 0.375. The van der Waals surface area contributed by atoms with Gasteiger partial charge in [-0.2, -0.15) is 0 Å². The Morgan fingerprint density at radius 1 is 1.29 bits per heavy atom. The molecule has 0 aliphatic rings. The second-order valence-corrected chi connectivity index (χ2v) is 5.64. The molecular weight excluding hydrogens is 288 g/mol. The van der Waals surface area contributed by atoms with Crippen molar-refractivity contribution in [1.82, 2.24) is 9.88 Å². The van der Waals surface area contributed by atoms with E-state index in [0.717, 1.165) is 28.7 Å². The van der Waals surface area contributed by atoms with Gasteiger partial charge in [0.15, 0.2) is 0 Å². The van der Waals surface area contributed by atoms with E-state index in [-0.39, 0.29) is 5.97 Å². The van der Waals surface area contributed by atoms with E-state index in [4.69, 9.17) is 21.3 Å². The predicted molar refractivity (Wildman–Crippen MR) is 84.5 cm³/mol. The van der Waals surface area contributed by atoms with Crippen LogP contribution in [0.25, 0.3) is 10.9 Å². The summed E-state index contributed by atoms with van der Waals surface area (Å²) in [6.45, 7) is 2.48. The Morgan fingerprint density at radius 3 is 2.67 bits per heavy atom. The van der Waals surface area contributed by atoms with E-state index >= 15 is 0 Å². The fourth-order valence-electron chi connectivity index (χ4n) is 2.21. The van der Waals surface area contributed by atoms with Crippen LogP contribution in [-0.2, 0) is 22.5 Å². The molecule has 0 spiro atoms. The highest BCUT2D eigenvalue weighted by Crippen LogP contribution is 2.26. The van der Waals surface area contributed by atoms with E-state index in [0.29, 0.717) is 18.1 Å². The number of ether oxygens (including phenoxy) is 1. The fourth-order valence-corrected chi connectivity index (χ4v) is 2.46. The number of carbonyl (C=O) groups excluding carboxylic acids is 1. The smallest absolute Gasteiger partial charge is 0.302 e. The van der Waals surface area contributed by atoms with Crippen LogP contribution in [0, 0.1) is 0 Å². The summed E-state index contributed by atoms with van der Waals surface area (Å²) in [5, 5.41) is 1.70. The normalized spacial score (nSPS) is 11.1. The van der Waals surface area contributed by atoms with Gasteiger partial charge in [0, 0.05) is 35.9 Å². The van der Waals surface area contributed by atoms with Crippen LogP contribution in [0.1, 0.15) is 18.2 Å². The Labute approximate surface area is 129 Å². The van der Waals surface area contributed by atoms with Gasteiger partial charge in [0.05, 0.1) is 17.8 Å². The van der Waals surface area contributed by atoms with Gasteiger partial charge in [0.25, 0.3) is 0 Å². The van der Waals surface area contributed by atoms with Crippen molar-refractivity contribution in [2.24, 2.45) is 0 Å². The first-order valence-corrected chi connectivity index (χ1v) is 7.20. The highest BCUT2D eigenvalue weighted by Gasteiger charge is 2.10. The first kappa shape index (κ1) is 15.7. The summed E-state index contributed by atoms with van der Waals surface area (Å²) in [5.74, 6) is -0.285. The van der Waals surface area contributed by atoms with Gasteiger partial charge in [-0.25, -0.2) is 0 Å². The van der Waals surface area contributed by atoms with Crippen molar-refractivity contribution in [3.05, 3.63) is 40.5 Å². The molecule has 0 saturated carbocycles. The lowest BCUT2D eigenvalue weighted by Gasteiger charge is -2.12.